The lowest BCUT2D eigenvalue weighted by molar-refractivity contribution is 0.0760. The van der Waals surface area contributed by atoms with Gasteiger partial charge >= 0.3 is 0 Å². The van der Waals surface area contributed by atoms with Gasteiger partial charge in [-0.1, -0.05) is 12.1 Å². The normalized spacial score (nSPS) is 19.2. The summed E-state index contributed by atoms with van der Waals surface area (Å²) in [6.07, 6.45) is 0.359. The van der Waals surface area contributed by atoms with Crippen molar-refractivity contribution in [3.63, 3.8) is 0 Å². The molecule has 7 heteroatoms. The van der Waals surface area contributed by atoms with Crippen LogP contribution in [-0.4, -0.2) is 43.3 Å². The van der Waals surface area contributed by atoms with Gasteiger partial charge in [0, 0.05) is 13.1 Å². The number of hydrogen-bond acceptors (Lipinski definition) is 3. The van der Waals surface area contributed by atoms with Crippen LogP contribution in [0.4, 0.5) is 8.78 Å². The van der Waals surface area contributed by atoms with E-state index in [2.05, 4.69) is 0 Å². The molecule has 0 spiro atoms. The topological polar surface area (TPSA) is 57.6 Å². The van der Waals surface area contributed by atoms with E-state index in [4.69, 9.17) is 0 Å². The Labute approximate surface area is 129 Å². The third kappa shape index (κ3) is 4.24. The molecule has 0 saturated carbocycles. The predicted octanol–water partition coefficient (Wildman–Crippen LogP) is 2.26. The molecule has 4 nitrogen and oxygen atoms in total. The SMILES string of the molecule is O=S(=O)(CCCF)N1CCC(C(O)c2ccc(F)cc2)CC1. The molecule has 0 radical (unpaired) electrons. The molecule has 1 aliphatic heterocycles. The maximum Gasteiger partial charge on any atom is 0.214 e. The minimum absolute atomic E-state index is 0.0144. The number of halogens is 2. The molecule has 124 valence electrons. The van der Waals surface area contributed by atoms with Gasteiger partial charge in [-0.3, -0.25) is 4.39 Å². The van der Waals surface area contributed by atoms with Crippen LogP contribution in [0.5, 0.6) is 0 Å². The Balaban J connectivity index is 1.93. The Morgan fingerprint density at radius 1 is 1.23 bits per heavy atom. The van der Waals surface area contributed by atoms with Crippen molar-refractivity contribution in [2.75, 3.05) is 25.5 Å². The molecule has 0 aliphatic carbocycles. The van der Waals surface area contributed by atoms with E-state index in [1.54, 1.807) is 12.1 Å². The molecule has 1 saturated heterocycles. The average Bonchev–Trinajstić information content (AvgIpc) is 2.53. The number of hydrogen-bond donors (Lipinski definition) is 1. The lowest BCUT2D eigenvalue weighted by Crippen LogP contribution is -2.40. The minimum Gasteiger partial charge on any atom is -0.388 e. The molecule has 0 bridgehead atoms. The second-order valence-electron chi connectivity index (χ2n) is 5.59. The summed E-state index contributed by atoms with van der Waals surface area (Å²) in [7, 11) is -3.40. The first kappa shape index (κ1) is 17.3. The van der Waals surface area contributed by atoms with E-state index in [9.17, 15) is 22.3 Å². The van der Waals surface area contributed by atoms with Crippen molar-refractivity contribution in [2.24, 2.45) is 5.92 Å². The van der Waals surface area contributed by atoms with Gasteiger partial charge in [0.05, 0.1) is 18.5 Å². The van der Waals surface area contributed by atoms with E-state index >= 15 is 0 Å². The number of alkyl halides is 1. The molecule has 1 fully saturated rings. The zero-order valence-corrected chi connectivity index (χ0v) is 13.1. The van der Waals surface area contributed by atoms with Crippen molar-refractivity contribution in [3.8, 4) is 0 Å². The van der Waals surface area contributed by atoms with E-state index in [0.29, 0.717) is 31.5 Å². The fourth-order valence-corrected chi connectivity index (χ4v) is 4.27. The van der Waals surface area contributed by atoms with Gasteiger partial charge in [0.25, 0.3) is 0 Å². The molecule has 1 unspecified atom stereocenters. The number of benzene rings is 1. The molecule has 1 N–H and O–H groups in total. The third-order valence-corrected chi connectivity index (χ3v) is 6.04. The van der Waals surface area contributed by atoms with Crippen LogP contribution in [-0.2, 0) is 10.0 Å². The summed E-state index contributed by atoms with van der Waals surface area (Å²) in [5.41, 5.74) is 0.639. The number of rotatable bonds is 6. The van der Waals surface area contributed by atoms with Crippen molar-refractivity contribution in [1.82, 2.24) is 4.31 Å². The maximum absolute atomic E-state index is 12.9. The number of piperidine rings is 1. The lowest BCUT2D eigenvalue weighted by Gasteiger charge is -2.33. The summed E-state index contributed by atoms with van der Waals surface area (Å²) in [6, 6.07) is 5.69. The molecule has 1 aromatic rings. The van der Waals surface area contributed by atoms with Gasteiger partial charge in [0.1, 0.15) is 5.82 Å². The monoisotopic (exact) mass is 333 g/mol. The molecule has 22 heavy (non-hydrogen) atoms. The number of sulfonamides is 1. The summed E-state index contributed by atoms with van der Waals surface area (Å²) in [6.45, 7) is 0.0219. The minimum atomic E-state index is -3.40. The standard InChI is InChI=1S/C15H21F2NO3S/c16-8-1-11-22(20,21)18-9-6-13(7-10-18)15(19)12-2-4-14(17)5-3-12/h2-5,13,15,19H,1,6-11H2. The maximum atomic E-state index is 12.9. The quantitative estimate of drug-likeness (QED) is 0.869. The van der Waals surface area contributed by atoms with Crippen LogP contribution in [0.1, 0.15) is 30.9 Å². The first-order chi connectivity index (χ1) is 10.4. The van der Waals surface area contributed by atoms with Gasteiger partial charge in [-0.2, -0.15) is 0 Å². The van der Waals surface area contributed by atoms with E-state index < -0.39 is 22.8 Å². The summed E-state index contributed by atoms with van der Waals surface area (Å²) in [5, 5.41) is 10.3. The zero-order valence-electron chi connectivity index (χ0n) is 12.3. The van der Waals surface area contributed by atoms with Crippen LogP contribution in [0.15, 0.2) is 24.3 Å². The van der Waals surface area contributed by atoms with Crippen LogP contribution in [0, 0.1) is 11.7 Å². The molecule has 0 amide bonds. The van der Waals surface area contributed by atoms with Gasteiger partial charge in [-0.05, 0) is 42.9 Å². The highest BCUT2D eigenvalue weighted by Crippen LogP contribution is 2.31. The highest BCUT2D eigenvalue weighted by molar-refractivity contribution is 7.89. The van der Waals surface area contributed by atoms with Crippen molar-refractivity contribution in [1.29, 1.82) is 0 Å². The predicted molar refractivity (Wildman–Crippen MR) is 80.0 cm³/mol. The first-order valence-corrected chi connectivity index (χ1v) is 9.02. The molecule has 1 aromatic carbocycles. The molecule has 1 heterocycles. The third-order valence-electron chi connectivity index (χ3n) is 4.09. The van der Waals surface area contributed by atoms with E-state index in [1.807, 2.05) is 0 Å². The molecule has 2 rings (SSSR count). The molecule has 1 aliphatic rings. The molecule has 0 aromatic heterocycles. The molecule has 1 atom stereocenters. The molecular formula is C15H21F2NO3S. The van der Waals surface area contributed by atoms with Crippen molar-refractivity contribution in [3.05, 3.63) is 35.6 Å². The Morgan fingerprint density at radius 2 is 1.82 bits per heavy atom. The van der Waals surface area contributed by atoms with Crippen LogP contribution >= 0.6 is 0 Å². The van der Waals surface area contributed by atoms with E-state index in [-0.39, 0.29) is 23.9 Å². The number of aliphatic hydroxyl groups is 1. The number of aliphatic hydroxyl groups excluding tert-OH is 1. The van der Waals surface area contributed by atoms with Crippen molar-refractivity contribution >= 4 is 10.0 Å². The van der Waals surface area contributed by atoms with E-state index in [1.165, 1.54) is 16.4 Å². The highest BCUT2D eigenvalue weighted by atomic mass is 32.2. The number of nitrogens with zero attached hydrogens (tertiary/aromatic N) is 1. The van der Waals surface area contributed by atoms with Crippen LogP contribution in [0.2, 0.25) is 0 Å². The average molecular weight is 333 g/mol. The summed E-state index contributed by atoms with van der Waals surface area (Å²) >= 11 is 0. The fraction of sp³-hybridized carbons (Fsp3) is 0.600. The molecular weight excluding hydrogens is 312 g/mol. The van der Waals surface area contributed by atoms with Crippen LogP contribution in [0.25, 0.3) is 0 Å². The van der Waals surface area contributed by atoms with Gasteiger partial charge in [0.2, 0.25) is 10.0 Å². The Bertz CT molecular complexity index is 569. The van der Waals surface area contributed by atoms with Crippen LogP contribution < -0.4 is 0 Å². The smallest absolute Gasteiger partial charge is 0.214 e. The Kier molecular flexibility index (Phi) is 5.88. The highest BCUT2D eigenvalue weighted by Gasteiger charge is 2.31. The Morgan fingerprint density at radius 3 is 2.36 bits per heavy atom. The van der Waals surface area contributed by atoms with Crippen molar-refractivity contribution < 1.29 is 22.3 Å². The van der Waals surface area contributed by atoms with Crippen molar-refractivity contribution in [2.45, 2.75) is 25.4 Å². The summed E-state index contributed by atoms with van der Waals surface area (Å²) in [5.74, 6) is -0.586. The van der Waals surface area contributed by atoms with Crippen LogP contribution in [0.3, 0.4) is 0 Å². The second-order valence-corrected chi connectivity index (χ2v) is 7.68. The zero-order chi connectivity index (χ0) is 16.2. The van der Waals surface area contributed by atoms with Gasteiger partial charge in [-0.15, -0.1) is 0 Å². The van der Waals surface area contributed by atoms with Gasteiger partial charge in [-0.25, -0.2) is 17.1 Å². The summed E-state index contributed by atoms with van der Waals surface area (Å²) < 4.78 is 50.4. The summed E-state index contributed by atoms with van der Waals surface area (Å²) in [4.78, 5) is 0. The first-order valence-electron chi connectivity index (χ1n) is 7.41. The van der Waals surface area contributed by atoms with Gasteiger partial charge in [0.15, 0.2) is 0 Å². The second kappa shape index (κ2) is 7.48. The largest absolute Gasteiger partial charge is 0.388 e. The van der Waals surface area contributed by atoms with Gasteiger partial charge < -0.3 is 5.11 Å². The lowest BCUT2D eigenvalue weighted by atomic mass is 9.88. The Hall–Kier alpha value is -1.05. The van der Waals surface area contributed by atoms with E-state index in [0.717, 1.165) is 0 Å². The fourth-order valence-electron chi connectivity index (χ4n) is 2.77.